The quantitative estimate of drug-likeness (QED) is 0.827. The van der Waals surface area contributed by atoms with Crippen LogP contribution in [0, 0.1) is 0 Å². The van der Waals surface area contributed by atoms with Crippen LogP contribution >= 0.6 is 0 Å². The highest BCUT2D eigenvalue weighted by Crippen LogP contribution is 2.30. The fraction of sp³-hybridized carbons (Fsp3) is 0.556. The summed E-state index contributed by atoms with van der Waals surface area (Å²) in [5, 5.41) is 0. The molecular formula is C9H12F3NO. The van der Waals surface area contributed by atoms with Gasteiger partial charge in [-0.25, -0.2) is 0 Å². The van der Waals surface area contributed by atoms with Crippen LogP contribution in [0.25, 0.3) is 0 Å². The smallest absolute Gasteiger partial charge is 0.449 e. The summed E-state index contributed by atoms with van der Waals surface area (Å²) in [5.74, 6) is -0.619. The molecule has 80 valence electrons. The Morgan fingerprint density at radius 3 is 2.50 bits per heavy atom. The van der Waals surface area contributed by atoms with Crippen LogP contribution in [-0.2, 0) is 12.6 Å². The van der Waals surface area contributed by atoms with Crippen molar-refractivity contribution >= 4 is 0 Å². The Balaban J connectivity index is 2.60. The molecule has 2 N–H and O–H groups in total. The van der Waals surface area contributed by atoms with Gasteiger partial charge in [-0.15, -0.1) is 0 Å². The van der Waals surface area contributed by atoms with Crippen LogP contribution in [0.5, 0.6) is 0 Å². The summed E-state index contributed by atoms with van der Waals surface area (Å²) < 4.78 is 40.9. The molecule has 0 spiro atoms. The number of aryl methyl sites for hydroxylation is 1. The number of alkyl halides is 3. The highest BCUT2D eigenvalue weighted by Gasteiger charge is 2.34. The van der Waals surface area contributed by atoms with E-state index in [2.05, 4.69) is 4.42 Å². The van der Waals surface area contributed by atoms with E-state index >= 15 is 0 Å². The third-order valence-electron chi connectivity index (χ3n) is 1.79. The van der Waals surface area contributed by atoms with E-state index in [9.17, 15) is 13.2 Å². The normalized spacial score (nSPS) is 14.4. The van der Waals surface area contributed by atoms with E-state index in [1.54, 1.807) is 6.92 Å². The van der Waals surface area contributed by atoms with Crippen molar-refractivity contribution in [1.29, 1.82) is 0 Å². The Hall–Kier alpha value is -0.970. The van der Waals surface area contributed by atoms with E-state index in [4.69, 9.17) is 5.73 Å². The van der Waals surface area contributed by atoms with Crippen molar-refractivity contribution in [2.45, 2.75) is 32.0 Å². The number of furan rings is 1. The molecule has 0 radical (unpaired) electrons. The van der Waals surface area contributed by atoms with E-state index in [-0.39, 0.29) is 6.04 Å². The van der Waals surface area contributed by atoms with Crippen LogP contribution < -0.4 is 5.73 Å². The summed E-state index contributed by atoms with van der Waals surface area (Å²) >= 11 is 0. The average molecular weight is 207 g/mol. The van der Waals surface area contributed by atoms with Gasteiger partial charge < -0.3 is 10.2 Å². The number of halogens is 3. The molecule has 0 saturated carbocycles. The number of hydrogen-bond acceptors (Lipinski definition) is 2. The van der Waals surface area contributed by atoms with E-state index in [1.807, 2.05) is 0 Å². The minimum atomic E-state index is -4.40. The van der Waals surface area contributed by atoms with E-state index in [1.165, 1.54) is 6.07 Å². The van der Waals surface area contributed by atoms with Crippen LogP contribution in [0.1, 0.15) is 24.9 Å². The Labute approximate surface area is 79.9 Å². The molecule has 1 aromatic heterocycles. The van der Waals surface area contributed by atoms with Crippen molar-refractivity contribution in [3.63, 3.8) is 0 Å². The van der Waals surface area contributed by atoms with E-state index in [0.717, 1.165) is 6.07 Å². The highest BCUT2D eigenvalue weighted by atomic mass is 19.4. The first-order chi connectivity index (χ1) is 6.39. The predicted octanol–water partition coefficient (Wildman–Crippen LogP) is 2.58. The Morgan fingerprint density at radius 1 is 1.43 bits per heavy atom. The molecule has 0 aliphatic carbocycles. The average Bonchev–Trinajstić information content (AvgIpc) is 2.47. The summed E-state index contributed by atoms with van der Waals surface area (Å²) in [6, 6.07) is 2.25. The number of rotatable bonds is 3. The van der Waals surface area contributed by atoms with Gasteiger partial charge in [-0.2, -0.15) is 13.2 Å². The first kappa shape index (κ1) is 11.1. The molecule has 1 atom stereocenters. The lowest BCUT2D eigenvalue weighted by atomic mass is 10.2. The van der Waals surface area contributed by atoms with Gasteiger partial charge in [-0.1, -0.05) is 0 Å². The molecule has 0 aromatic carbocycles. The molecule has 0 bridgehead atoms. The van der Waals surface area contributed by atoms with Crippen molar-refractivity contribution in [2.75, 3.05) is 0 Å². The maximum Gasteiger partial charge on any atom is 0.449 e. The topological polar surface area (TPSA) is 39.2 Å². The van der Waals surface area contributed by atoms with Crippen LogP contribution in [0.2, 0.25) is 0 Å². The first-order valence-electron chi connectivity index (χ1n) is 4.31. The van der Waals surface area contributed by atoms with Crippen molar-refractivity contribution in [1.82, 2.24) is 0 Å². The van der Waals surface area contributed by atoms with Gasteiger partial charge >= 0.3 is 6.18 Å². The predicted molar refractivity (Wildman–Crippen MR) is 45.7 cm³/mol. The van der Waals surface area contributed by atoms with Crippen LogP contribution in [0.4, 0.5) is 13.2 Å². The molecule has 1 heterocycles. The summed E-state index contributed by atoms with van der Waals surface area (Å²) in [6.07, 6.45) is -3.34. The largest absolute Gasteiger partial charge is 0.457 e. The molecule has 0 saturated heterocycles. The van der Waals surface area contributed by atoms with Gasteiger partial charge in [-0.05, 0) is 25.5 Å². The molecule has 0 fully saturated rings. The van der Waals surface area contributed by atoms with Gasteiger partial charge in [0, 0.05) is 12.5 Å². The molecule has 0 aliphatic heterocycles. The lowest BCUT2D eigenvalue weighted by molar-refractivity contribution is -0.153. The SMILES string of the molecule is CC(N)CCc1ccc(C(F)(F)F)o1. The first-order valence-corrected chi connectivity index (χ1v) is 4.31. The standard InChI is InChI=1S/C9H12F3NO/c1-6(13)2-3-7-4-5-8(14-7)9(10,11)12/h4-6H,2-3,13H2,1H3. The Bertz CT molecular complexity index is 290. The highest BCUT2D eigenvalue weighted by molar-refractivity contribution is 5.09. The van der Waals surface area contributed by atoms with Gasteiger partial charge in [0.25, 0.3) is 0 Å². The molecule has 2 nitrogen and oxygen atoms in total. The minimum absolute atomic E-state index is 0.0329. The maximum absolute atomic E-state index is 12.1. The van der Waals surface area contributed by atoms with Gasteiger partial charge in [-0.3, -0.25) is 0 Å². The monoisotopic (exact) mass is 207 g/mol. The zero-order valence-corrected chi connectivity index (χ0v) is 7.77. The molecular weight excluding hydrogens is 195 g/mol. The second kappa shape index (κ2) is 4.04. The second-order valence-electron chi connectivity index (χ2n) is 3.28. The minimum Gasteiger partial charge on any atom is -0.457 e. The van der Waals surface area contributed by atoms with Crippen LogP contribution in [-0.4, -0.2) is 6.04 Å². The summed E-state index contributed by atoms with van der Waals surface area (Å²) in [5.41, 5.74) is 5.47. The number of hydrogen-bond donors (Lipinski definition) is 1. The lowest BCUT2D eigenvalue weighted by Crippen LogP contribution is -2.15. The van der Waals surface area contributed by atoms with Crippen molar-refractivity contribution in [3.8, 4) is 0 Å². The third kappa shape index (κ3) is 3.06. The fourth-order valence-electron chi connectivity index (χ4n) is 1.03. The summed E-state index contributed by atoms with van der Waals surface area (Å²) in [7, 11) is 0. The zero-order chi connectivity index (χ0) is 10.8. The maximum atomic E-state index is 12.1. The summed E-state index contributed by atoms with van der Waals surface area (Å²) in [4.78, 5) is 0. The van der Waals surface area contributed by atoms with Crippen LogP contribution in [0.15, 0.2) is 16.5 Å². The van der Waals surface area contributed by atoms with E-state index < -0.39 is 11.9 Å². The second-order valence-corrected chi connectivity index (χ2v) is 3.28. The van der Waals surface area contributed by atoms with Crippen molar-refractivity contribution < 1.29 is 17.6 Å². The molecule has 1 aromatic rings. The van der Waals surface area contributed by atoms with Gasteiger partial charge in [0.15, 0.2) is 0 Å². The Morgan fingerprint density at radius 2 is 2.07 bits per heavy atom. The van der Waals surface area contributed by atoms with Gasteiger partial charge in [0.1, 0.15) is 5.76 Å². The molecule has 1 rings (SSSR count). The summed E-state index contributed by atoms with van der Waals surface area (Å²) in [6.45, 7) is 1.80. The van der Waals surface area contributed by atoms with Gasteiger partial charge in [0.2, 0.25) is 5.76 Å². The molecule has 0 amide bonds. The van der Waals surface area contributed by atoms with Crippen molar-refractivity contribution in [3.05, 3.63) is 23.7 Å². The van der Waals surface area contributed by atoms with Crippen molar-refractivity contribution in [2.24, 2.45) is 5.73 Å². The fourth-order valence-corrected chi connectivity index (χ4v) is 1.03. The van der Waals surface area contributed by atoms with E-state index in [0.29, 0.717) is 18.6 Å². The van der Waals surface area contributed by atoms with Gasteiger partial charge in [0.05, 0.1) is 0 Å². The molecule has 5 heteroatoms. The zero-order valence-electron chi connectivity index (χ0n) is 7.77. The van der Waals surface area contributed by atoms with Crippen LogP contribution in [0.3, 0.4) is 0 Å². The Kier molecular flexibility index (Phi) is 3.21. The molecule has 1 unspecified atom stereocenters. The lowest BCUT2D eigenvalue weighted by Gasteiger charge is -2.03. The third-order valence-corrected chi connectivity index (χ3v) is 1.79. The molecule has 14 heavy (non-hydrogen) atoms. The number of nitrogens with two attached hydrogens (primary N) is 1. The molecule has 0 aliphatic rings.